The van der Waals surface area contributed by atoms with Crippen molar-refractivity contribution < 1.29 is 9.18 Å². The molecule has 0 aliphatic heterocycles. The van der Waals surface area contributed by atoms with Crippen molar-refractivity contribution in [3.8, 4) is 0 Å². The largest absolute Gasteiger partial charge is 0.352 e. The minimum atomic E-state index is -0.507. The highest BCUT2D eigenvalue weighted by molar-refractivity contribution is 9.10. The van der Waals surface area contributed by atoms with Gasteiger partial charge in [-0.25, -0.2) is 4.39 Å². The van der Waals surface area contributed by atoms with Crippen LogP contribution in [0.15, 0.2) is 22.7 Å². The van der Waals surface area contributed by atoms with Gasteiger partial charge in [-0.05, 0) is 34.5 Å². The van der Waals surface area contributed by atoms with E-state index in [1.165, 1.54) is 6.07 Å². The summed E-state index contributed by atoms with van der Waals surface area (Å²) in [5.74, 6) is -0.884. The zero-order valence-corrected chi connectivity index (χ0v) is 9.40. The van der Waals surface area contributed by atoms with Gasteiger partial charge in [0.15, 0.2) is 0 Å². The van der Waals surface area contributed by atoms with E-state index >= 15 is 0 Å². The number of nitrogens with one attached hydrogen (secondary N) is 1. The molecule has 0 fully saturated rings. The van der Waals surface area contributed by atoms with Crippen molar-refractivity contribution in [3.63, 3.8) is 0 Å². The lowest BCUT2D eigenvalue weighted by atomic mass is 10.2. The van der Waals surface area contributed by atoms with Crippen molar-refractivity contribution in [1.29, 1.82) is 0 Å². The maximum absolute atomic E-state index is 13.2. The molecular formula is C10H11BrFNO. The minimum Gasteiger partial charge on any atom is -0.352 e. The van der Waals surface area contributed by atoms with Crippen LogP contribution in [-0.4, -0.2) is 12.5 Å². The first-order chi connectivity index (χ1) is 6.66. The molecule has 0 aliphatic carbocycles. The van der Waals surface area contributed by atoms with Crippen LogP contribution in [0.5, 0.6) is 0 Å². The second kappa shape index (κ2) is 5.10. The van der Waals surface area contributed by atoms with E-state index in [4.69, 9.17) is 0 Å². The van der Waals surface area contributed by atoms with Gasteiger partial charge in [-0.3, -0.25) is 4.79 Å². The summed E-state index contributed by atoms with van der Waals surface area (Å²) in [5, 5.41) is 2.62. The van der Waals surface area contributed by atoms with E-state index in [2.05, 4.69) is 21.2 Å². The standard InChI is InChI=1S/C10H11BrFNO/c1-2-6-13-10(14)9-7(11)4-3-5-8(9)12/h3-5H,2,6H2,1H3,(H,13,14). The Morgan fingerprint density at radius 3 is 2.86 bits per heavy atom. The molecule has 1 rings (SSSR count). The number of amides is 1. The van der Waals surface area contributed by atoms with E-state index in [1.807, 2.05) is 6.92 Å². The van der Waals surface area contributed by atoms with Crippen molar-refractivity contribution in [2.75, 3.05) is 6.54 Å². The van der Waals surface area contributed by atoms with E-state index in [1.54, 1.807) is 12.1 Å². The van der Waals surface area contributed by atoms with Crippen LogP contribution in [0, 0.1) is 5.82 Å². The highest BCUT2D eigenvalue weighted by Crippen LogP contribution is 2.19. The van der Waals surface area contributed by atoms with Crippen LogP contribution >= 0.6 is 15.9 Å². The molecule has 0 radical (unpaired) electrons. The lowest BCUT2D eigenvalue weighted by Gasteiger charge is -2.06. The fourth-order valence-corrected chi connectivity index (χ4v) is 1.56. The molecule has 0 atom stereocenters. The first-order valence-electron chi connectivity index (χ1n) is 4.39. The molecule has 0 heterocycles. The fraction of sp³-hybridized carbons (Fsp3) is 0.300. The summed E-state index contributed by atoms with van der Waals surface area (Å²) in [6.45, 7) is 2.50. The van der Waals surface area contributed by atoms with Crippen LogP contribution in [0.3, 0.4) is 0 Å². The summed E-state index contributed by atoms with van der Waals surface area (Å²) in [4.78, 5) is 11.5. The van der Waals surface area contributed by atoms with Gasteiger partial charge in [0.25, 0.3) is 5.91 Å². The van der Waals surface area contributed by atoms with Crippen LogP contribution in [0.1, 0.15) is 23.7 Å². The summed E-state index contributed by atoms with van der Waals surface area (Å²) >= 11 is 3.14. The second-order valence-corrected chi connectivity index (χ2v) is 3.71. The minimum absolute atomic E-state index is 0.0703. The first kappa shape index (κ1) is 11.2. The average Bonchev–Trinajstić information content (AvgIpc) is 2.14. The highest BCUT2D eigenvalue weighted by atomic mass is 79.9. The smallest absolute Gasteiger partial charge is 0.255 e. The third kappa shape index (κ3) is 2.54. The molecule has 1 amide bonds. The number of rotatable bonds is 3. The number of hydrogen-bond donors (Lipinski definition) is 1. The molecule has 1 N–H and O–H groups in total. The number of carbonyl (C=O) groups is 1. The second-order valence-electron chi connectivity index (χ2n) is 2.85. The Morgan fingerprint density at radius 1 is 1.57 bits per heavy atom. The molecule has 4 heteroatoms. The predicted octanol–water partition coefficient (Wildman–Crippen LogP) is 2.73. The molecule has 0 saturated carbocycles. The van der Waals surface area contributed by atoms with Crippen LogP contribution in [0.25, 0.3) is 0 Å². The van der Waals surface area contributed by atoms with Gasteiger partial charge in [-0.15, -0.1) is 0 Å². The number of halogens is 2. The number of benzene rings is 1. The topological polar surface area (TPSA) is 29.1 Å². The molecule has 0 spiro atoms. The Labute approximate surface area is 90.6 Å². The molecule has 0 aromatic heterocycles. The Bertz CT molecular complexity index is 321. The van der Waals surface area contributed by atoms with Crippen LogP contribution in [0.4, 0.5) is 4.39 Å². The Hall–Kier alpha value is -0.900. The summed E-state index contributed by atoms with van der Waals surface area (Å²) in [7, 11) is 0. The van der Waals surface area contributed by atoms with Crippen LogP contribution < -0.4 is 5.32 Å². The predicted molar refractivity (Wildman–Crippen MR) is 56.7 cm³/mol. The SMILES string of the molecule is CCCNC(=O)c1c(F)cccc1Br. The lowest BCUT2D eigenvalue weighted by Crippen LogP contribution is -2.25. The van der Waals surface area contributed by atoms with Crippen molar-refractivity contribution >= 4 is 21.8 Å². The van der Waals surface area contributed by atoms with Gasteiger partial charge in [0, 0.05) is 11.0 Å². The van der Waals surface area contributed by atoms with Crippen molar-refractivity contribution in [2.24, 2.45) is 0 Å². The molecule has 1 aromatic rings. The normalized spacial score (nSPS) is 9.93. The monoisotopic (exact) mass is 259 g/mol. The van der Waals surface area contributed by atoms with Gasteiger partial charge >= 0.3 is 0 Å². The number of hydrogen-bond acceptors (Lipinski definition) is 1. The average molecular weight is 260 g/mol. The van der Waals surface area contributed by atoms with Gasteiger partial charge in [0.05, 0.1) is 5.56 Å². The van der Waals surface area contributed by atoms with E-state index < -0.39 is 5.82 Å². The number of carbonyl (C=O) groups excluding carboxylic acids is 1. The van der Waals surface area contributed by atoms with Gasteiger partial charge in [-0.2, -0.15) is 0 Å². The Balaban J connectivity index is 2.89. The van der Waals surface area contributed by atoms with E-state index in [9.17, 15) is 9.18 Å². The molecule has 0 aliphatic rings. The van der Waals surface area contributed by atoms with Crippen molar-refractivity contribution in [3.05, 3.63) is 34.1 Å². The van der Waals surface area contributed by atoms with Crippen molar-refractivity contribution in [2.45, 2.75) is 13.3 Å². The van der Waals surface area contributed by atoms with Crippen molar-refractivity contribution in [1.82, 2.24) is 5.32 Å². The summed E-state index contributed by atoms with van der Waals surface area (Å²) < 4.78 is 13.7. The van der Waals surface area contributed by atoms with Gasteiger partial charge in [0.2, 0.25) is 0 Å². The maximum Gasteiger partial charge on any atom is 0.255 e. The molecule has 14 heavy (non-hydrogen) atoms. The molecule has 76 valence electrons. The van der Waals surface area contributed by atoms with Gasteiger partial charge < -0.3 is 5.32 Å². The molecule has 2 nitrogen and oxygen atoms in total. The summed E-state index contributed by atoms with van der Waals surface area (Å²) in [5.41, 5.74) is 0.0703. The first-order valence-corrected chi connectivity index (χ1v) is 5.18. The molecule has 0 bridgehead atoms. The summed E-state index contributed by atoms with van der Waals surface area (Å²) in [6.07, 6.45) is 0.831. The van der Waals surface area contributed by atoms with E-state index in [0.29, 0.717) is 11.0 Å². The third-order valence-electron chi connectivity index (χ3n) is 1.73. The van der Waals surface area contributed by atoms with Crippen LogP contribution in [0.2, 0.25) is 0 Å². The quantitative estimate of drug-likeness (QED) is 0.889. The van der Waals surface area contributed by atoms with Gasteiger partial charge in [0.1, 0.15) is 5.82 Å². The summed E-state index contributed by atoms with van der Waals surface area (Å²) in [6, 6.07) is 4.46. The molecular weight excluding hydrogens is 249 g/mol. The zero-order valence-electron chi connectivity index (χ0n) is 7.81. The Kier molecular flexibility index (Phi) is 4.07. The molecule has 0 unspecified atom stereocenters. The van der Waals surface area contributed by atoms with Crippen LogP contribution in [-0.2, 0) is 0 Å². The zero-order chi connectivity index (χ0) is 10.6. The van der Waals surface area contributed by atoms with Gasteiger partial charge in [-0.1, -0.05) is 13.0 Å². The lowest BCUT2D eigenvalue weighted by molar-refractivity contribution is 0.0949. The Morgan fingerprint density at radius 2 is 2.29 bits per heavy atom. The molecule has 0 saturated heterocycles. The molecule has 1 aromatic carbocycles. The fourth-order valence-electron chi connectivity index (χ4n) is 1.04. The van der Waals surface area contributed by atoms with E-state index in [0.717, 1.165) is 6.42 Å². The highest BCUT2D eigenvalue weighted by Gasteiger charge is 2.13. The third-order valence-corrected chi connectivity index (χ3v) is 2.39. The van der Waals surface area contributed by atoms with E-state index in [-0.39, 0.29) is 11.5 Å². The maximum atomic E-state index is 13.2.